The van der Waals surface area contributed by atoms with Crippen molar-refractivity contribution in [3.8, 4) is 0 Å². The predicted octanol–water partition coefficient (Wildman–Crippen LogP) is -0.582. The number of carbonyl (C=O) groups excluding carboxylic acids is 1. The van der Waals surface area contributed by atoms with Gasteiger partial charge in [0.1, 0.15) is 0 Å². The second kappa shape index (κ2) is 6.83. The fourth-order valence-corrected chi connectivity index (χ4v) is 1.67. The highest BCUT2D eigenvalue weighted by Gasteiger charge is 2.23. The lowest BCUT2D eigenvalue weighted by atomic mass is 10.2. The van der Waals surface area contributed by atoms with E-state index in [1.807, 2.05) is 0 Å². The Balaban J connectivity index is 2.30. The molecule has 0 aliphatic carbocycles. The third kappa shape index (κ3) is 4.47. The number of amides is 1. The number of carbonyl (C=O) groups is 1. The maximum Gasteiger partial charge on any atom is 0.234 e. The van der Waals surface area contributed by atoms with Crippen molar-refractivity contribution in [3.63, 3.8) is 0 Å². The van der Waals surface area contributed by atoms with E-state index in [0.29, 0.717) is 32.2 Å². The number of nitrogens with zero attached hydrogens (tertiary/aromatic N) is 1. The Kier molecular flexibility index (Phi) is 5.73. The number of hydrogen-bond acceptors (Lipinski definition) is 4. The van der Waals surface area contributed by atoms with Crippen LogP contribution in [0.15, 0.2) is 0 Å². The summed E-state index contributed by atoms with van der Waals surface area (Å²) in [5.41, 5.74) is 5.64. The van der Waals surface area contributed by atoms with Gasteiger partial charge in [0.25, 0.3) is 0 Å². The summed E-state index contributed by atoms with van der Waals surface area (Å²) in [7, 11) is 0. The van der Waals surface area contributed by atoms with Crippen LogP contribution in [0.25, 0.3) is 0 Å². The zero-order valence-corrected chi connectivity index (χ0v) is 10.2. The Morgan fingerprint density at radius 1 is 1.62 bits per heavy atom. The Morgan fingerprint density at radius 2 is 2.38 bits per heavy atom. The maximum absolute atomic E-state index is 11.6. The summed E-state index contributed by atoms with van der Waals surface area (Å²) in [5.74, 6) is 0.563. The lowest BCUT2D eigenvalue weighted by Crippen LogP contribution is -2.52. The second-order valence-corrected chi connectivity index (χ2v) is 4.63. The minimum Gasteiger partial charge on any atom is -0.378 e. The van der Waals surface area contributed by atoms with E-state index in [1.165, 1.54) is 0 Å². The SMILES string of the molecule is CC(C)CNC(=O)CN1CCOCC1CN. The molecule has 1 fully saturated rings. The van der Waals surface area contributed by atoms with Crippen molar-refractivity contribution in [3.05, 3.63) is 0 Å². The average Bonchev–Trinajstić information content (AvgIpc) is 2.27. The quantitative estimate of drug-likeness (QED) is 0.662. The highest BCUT2D eigenvalue weighted by molar-refractivity contribution is 5.78. The summed E-state index contributed by atoms with van der Waals surface area (Å²) in [6.07, 6.45) is 0. The van der Waals surface area contributed by atoms with Crippen molar-refractivity contribution in [2.24, 2.45) is 11.7 Å². The molecule has 16 heavy (non-hydrogen) atoms. The van der Waals surface area contributed by atoms with Gasteiger partial charge in [-0.2, -0.15) is 0 Å². The Labute approximate surface area is 97.3 Å². The van der Waals surface area contributed by atoms with E-state index >= 15 is 0 Å². The van der Waals surface area contributed by atoms with Gasteiger partial charge in [-0.3, -0.25) is 9.69 Å². The first-order valence-corrected chi connectivity index (χ1v) is 5.92. The largest absolute Gasteiger partial charge is 0.378 e. The average molecular weight is 229 g/mol. The van der Waals surface area contributed by atoms with Crippen molar-refractivity contribution in [1.82, 2.24) is 10.2 Å². The molecule has 1 aliphatic rings. The monoisotopic (exact) mass is 229 g/mol. The first-order chi connectivity index (χ1) is 7.63. The molecule has 1 rings (SSSR count). The molecule has 94 valence electrons. The molecule has 5 heteroatoms. The van der Waals surface area contributed by atoms with E-state index < -0.39 is 0 Å². The maximum atomic E-state index is 11.6. The summed E-state index contributed by atoms with van der Waals surface area (Å²) in [4.78, 5) is 13.7. The minimum atomic E-state index is 0.0778. The van der Waals surface area contributed by atoms with Crippen LogP contribution >= 0.6 is 0 Å². The molecule has 0 aromatic heterocycles. The van der Waals surface area contributed by atoms with E-state index in [2.05, 4.69) is 24.1 Å². The van der Waals surface area contributed by atoms with Gasteiger partial charge in [-0.05, 0) is 5.92 Å². The smallest absolute Gasteiger partial charge is 0.234 e. The van der Waals surface area contributed by atoms with Gasteiger partial charge < -0.3 is 15.8 Å². The lowest BCUT2D eigenvalue weighted by Gasteiger charge is -2.34. The molecule has 0 bridgehead atoms. The highest BCUT2D eigenvalue weighted by atomic mass is 16.5. The topological polar surface area (TPSA) is 67.6 Å². The summed E-state index contributed by atoms with van der Waals surface area (Å²) in [6.45, 7) is 7.97. The van der Waals surface area contributed by atoms with Gasteiger partial charge in [-0.25, -0.2) is 0 Å². The van der Waals surface area contributed by atoms with Crippen LogP contribution in [0.3, 0.4) is 0 Å². The summed E-state index contributed by atoms with van der Waals surface area (Å²) >= 11 is 0. The Bertz CT molecular complexity index is 221. The molecule has 0 aromatic rings. The number of nitrogens with two attached hydrogens (primary N) is 1. The normalized spacial score (nSPS) is 22.4. The third-order valence-electron chi connectivity index (χ3n) is 2.68. The molecule has 0 saturated carbocycles. The van der Waals surface area contributed by atoms with Gasteiger partial charge in [0.2, 0.25) is 5.91 Å². The Hall–Kier alpha value is -0.650. The van der Waals surface area contributed by atoms with E-state index in [-0.39, 0.29) is 11.9 Å². The van der Waals surface area contributed by atoms with Crippen LogP contribution in [0.1, 0.15) is 13.8 Å². The van der Waals surface area contributed by atoms with Crippen LogP contribution < -0.4 is 11.1 Å². The van der Waals surface area contributed by atoms with Gasteiger partial charge in [-0.15, -0.1) is 0 Å². The molecule has 0 radical (unpaired) electrons. The molecule has 1 unspecified atom stereocenters. The van der Waals surface area contributed by atoms with Gasteiger partial charge >= 0.3 is 0 Å². The van der Waals surface area contributed by atoms with Crippen LogP contribution in [0.4, 0.5) is 0 Å². The first kappa shape index (κ1) is 13.4. The van der Waals surface area contributed by atoms with Gasteiger partial charge in [0.15, 0.2) is 0 Å². The first-order valence-electron chi connectivity index (χ1n) is 5.92. The number of hydrogen-bond donors (Lipinski definition) is 2. The predicted molar refractivity (Wildman–Crippen MR) is 63.1 cm³/mol. The van der Waals surface area contributed by atoms with Crippen LogP contribution in [-0.2, 0) is 9.53 Å². The molecule has 1 amide bonds. The van der Waals surface area contributed by atoms with Crippen LogP contribution in [0, 0.1) is 5.92 Å². The van der Waals surface area contributed by atoms with Crippen LogP contribution in [0.5, 0.6) is 0 Å². The minimum absolute atomic E-state index is 0.0778. The van der Waals surface area contributed by atoms with Crippen LogP contribution in [-0.4, -0.2) is 56.2 Å². The van der Waals surface area contributed by atoms with Gasteiger partial charge in [0.05, 0.1) is 19.8 Å². The molecular weight excluding hydrogens is 206 g/mol. The fourth-order valence-electron chi connectivity index (χ4n) is 1.67. The van der Waals surface area contributed by atoms with Gasteiger partial charge in [0, 0.05) is 25.7 Å². The van der Waals surface area contributed by atoms with Crippen molar-refractivity contribution in [2.75, 3.05) is 39.4 Å². The van der Waals surface area contributed by atoms with E-state index in [1.54, 1.807) is 0 Å². The van der Waals surface area contributed by atoms with Crippen molar-refractivity contribution < 1.29 is 9.53 Å². The number of morpholine rings is 1. The number of nitrogens with one attached hydrogen (secondary N) is 1. The molecule has 1 atom stereocenters. The molecular formula is C11H23N3O2. The molecule has 1 heterocycles. The number of rotatable bonds is 5. The summed E-state index contributed by atoms with van der Waals surface area (Å²) in [5, 5.41) is 2.91. The standard InChI is InChI=1S/C11H23N3O2/c1-9(2)6-13-11(15)7-14-3-4-16-8-10(14)5-12/h9-10H,3-8,12H2,1-2H3,(H,13,15). The van der Waals surface area contributed by atoms with Gasteiger partial charge in [-0.1, -0.05) is 13.8 Å². The Morgan fingerprint density at radius 3 is 3.00 bits per heavy atom. The summed E-state index contributed by atoms with van der Waals surface area (Å²) < 4.78 is 5.33. The molecule has 5 nitrogen and oxygen atoms in total. The van der Waals surface area contributed by atoms with Crippen molar-refractivity contribution in [2.45, 2.75) is 19.9 Å². The zero-order valence-electron chi connectivity index (χ0n) is 10.2. The highest BCUT2D eigenvalue weighted by Crippen LogP contribution is 2.04. The van der Waals surface area contributed by atoms with Crippen LogP contribution in [0.2, 0.25) is 0 Å². The molecule has 0 spiro atoms. The third-order valence-corrected chi connectivity index (χ3v) is 2.68. The molecule has 1 aliphatic heterocycles. The number of ether oxygens (including phenoxy) is 1. The molecule has 1 saturated heterocycles. The van der Waals surface area contributed by atoms with Crippen molar-refractivity contribution in [1.29, 1.82) is 0 Å². The van der Waals surface area contributed by atoms with Crippen molar-refractivity contribution >= 4 is 5.91 Å². The lowest BCUT2D eigenvalue weighted by molar-refractivity contribution is -0.124. The molecule has 3 N–H and O–H groups in total. The second-order valence-electron chi connectivity index (χ2n) is 4.63. The molecule has 0 aromatic carbocycles. The van der Waals surface area contributed by atoms with E-state index in [4.69, 9.17) is 10.5 Å². The van der Waals surface area contributed by atoms with E-state index in [9.17, 15) is 4.79 Å². The zero-order chi connectivity index (χ0) is 12.0. The fraction of sp³-hybridized carbons (Fsp3) is 0.909. The summed E-state index contributed by atoms with van der Waals surface area (Å²) in [6, 6.07) is 0.179. The van der Waals surface area contributed by atoms with E-state index in [0.717, 1.165) is 13.1 Å².